The first-order valence-corrected chi connectivity index (χ1v) is 6.60. The summed E-state index contributed by atoms with van der Waals surface area (Å²) in [6.07, 6.45) is -0.278. The van der Waals surface area contributed by atoms with Gasteiger partial charge in [0, 0.05) is 23.4 Å². The lowest BCUT2D eigenvalue weighted by Crippen LogP contribution is -2.16. The Labute approximate surface area is 126 Å². The maximum atomic E-state index is 11.9. The van der Waals surface area contributed by atoms with E-state index in [-0.39, 0.29) is 17.9 Å². The fourth-order valence-corrected chi connectivity index (χ4v) is 1.86. The van der Waals surface area contributed by atoms with Crippen LogP contribution in [-0.2, 0) is 4.79 Å². The number of hydrogen-bond donors (Lipinski definition) is 1. The summed E-state index contributed by atoms with van der Waals surface area (Å²) in [5, 5.41) is 13.1. The normalized spacial score (nSPS) is 10.0. The van der Waals surface area contributed by atoms with Gasteiger partial charge >= 0.3 is 0 Å². The van der Waals surface area contributed by atoms with Crippen LogP contribution < -0.4 is 5.32 Å². The number of benzene rings is 2. The molecule has 1 amide bonds. The lowest BCUT2D eigenvalue weighted by molar-refractivity contribution is -0.384. The van der Waals surface area contributed by atoms with E-state index in [9.17, 15) is 19.7 Å². The van der Waals surface area contributed by atoms with E-state index in [2.05, 4.69) is 5.32 Å². The Hall–Kier alpha value is -3.02. The van der Waals surface area contributed by atoms with Crippen LogP contribution in [0.15, 0.2) is 48.5 Å². The highest BCUT2D eigenvalue weighted by atomic mass is 16.6. The number of hydrogen-bond acceptors (Lipinski definition) is 4. The minimum Gasteiger partial charge on any atom is -0.326 e. The molecule has 0 radical (unpaired) electrons. The van der Waals surface area contributed by atoms with Gasteiger partial charge in [0.25, 0.3) is 5.69 Å². The Morgan fingerprint density at radius 2 is 1.64 bits per heavy atom. The predicted molar refractivity (Wildman–Crippen MR) is 81.9 cm³/mol. The molecule has 0 fully saturated rings. The molecule has 0 aliphatic rings. The molecule has 0 aliphatic heterocycles. The third-order valence-corrected chi connectivity index (χ3v) is 3.06. The number of nitrogens with one attached hydrogen (secondary N) is 1. The van der Waals surface area contributed by atoms with Gasteiger partial charge in [-0.3, -0.25) is 19.7 Å². The molecule has 0 aliphatic carbocycles. The Balaban J connectivity index is 1.96. The van der Waals surface area contributed by atoms with E-state index in [1.807, 2.05) is 19.1 Å². The van der Waals surface area contributed by atoms with Gasteiger partial charge in [0.15, 0.2) is 5.78 Å². The standard InChI is InChI=1S/C16H14N2O4/c1-11-2-4-12(5-3-11)15(19)10-16(20)17-13-6-8-14(9-7-13)18(21)22/h2-9H,10H2,1H3,(H,17,20). The van der Waals surface area contributed by atoms with Gasteiger partial charge in [0.05, 0.1) is 11.3 Å². The average Bonchev–Trinajstić information content (AvgIpc) is 2.48. The number of nitro groups is 1. The lowest BCUT2D eigenvalue weighted by Gasteiger charge is -2.05. The largest absolute Gasteiger partial charge is 0.326 e. The van der Waals surface area contributed by atoms with Crippen LogP contribution >= 0.6 is 0 Å². The first-order valence-electron chi connectivity index (χ1n) is 6.60. The van der Waals surface area contributed by atoms with Gasteiger partial charge in [0.2, 0.25) is 5.91 Å². The number of ketones is 1. The topological polar surface area (TPSA) is 89.3 Å². The molecule has 0 spiro atoms. The fourth-order valence-electron chi connectivity index (χ4n) is 1.86. The van der Waals surface area contributed by atoms with Gasteiger partial charge in [-0.25, -0.2) is 0 Å². The van der Waals surface area contributed by atoms with E-state index in [4.69, 9.17) is 0 Å². The van der Waals surface area contributed by atoms with Crippen molar-refractivity contribution in [3.63, 3.8) is 0 Å². The van der Waals surface area contributed by atoms with E-state index >= 15 is 0 Å². The number of aryl methyl sites for hydroxylation is 1. The number of carbonyl (C=O) groups excluding carboxylic acids is 2. The second kappa shape index (κ2) is 6.62. The SMILES string of the molecule is Cc1ccc(C(=O)CC(=O)Nc2ccc([N+](=O)[O-])cc2)cc1. The number of anilines is 1. The second-order valence-corrected chi connectivity index (χ2v) is 4.82. The highest BCUT2D eigenvalue weighted by Gasteiger charge is 2.12. The second-order valence-electron chi connectivity index (χ2n) is 4.82. The fraction of sp³-hybridized carbons (Fsp3) is 0.125. The zero-order valence-electron chi connectivity index (χ0n) is 11.9. The average molecular weight is 298 g/mol. The first kappa shape index (κ1) is 15.4. The molecule has 0 saturated carbocycles. The summed E-state index contributed by atoms with van der Waals surface area (Å²) >= 11 is 0. The van der Waals surface area contributed by atoms with E-state index in [1.54, 1.807) is 12.1 Å². The summed E-state index contributed by atoms with van der Waals surface area (Å²) in [6.45, 7) is 1.91. The van der Waals surface area contributed by atoms with Crippen molar-refractivity contribution < 1.29 is 14.5 Å². The number of Topliss-reactive ketones (excluding diaryl/α,β-unsaturated/α-hetero) is 1. The van der Waals surface area contributed by atoms with Crippen molar-refractivity contribution in [2.24, 2.45) is 0 Å². The van der Waals surface area contributed by atoms with Crippen LogP contribution in [-0.4, -0.2) is 16.6 Å². The molecule has 0 saturated heterocycles. The van der Waals surface area contributed by atoms with Crippen molar-refractivity contribution in [3.8, 4) is 0 Å². The van der Waals surface area contributed by atoms with Gasteiger partial charge in [0.1, 0.15) is 0 Å². The van der Waals surface area contributed by atoms with E-state index in [1.165, 1.54) is 24.3 Å². The summed E-state index contributed by atoms with van der Waals surface area (Å²) < 4.78 is 0. The van der Waals surface area contributed by atoms with E-state index in [0.29, 0.717) is 11.3 Å². The van der Waals surface area contributed by atoms with Crippen LogP contribution in [0.1, 0.15) is 22.3 Å². The summed E-state index contributed by atoms with van der Waals surface area (Å²) in [7, 11) is 0. The summed E-state index contributed by atoms with van der Waals surface area (Å²) in [5.41, 5.74) is 1.86. The highest BCUT2D eigenvalue weighted by molar-refractivity contribution is 6.11. The van der Waals surface area contributed by atoms with Crippen LogP contribution in [0.3, 0.4) is 0 Å². The number of nitrogens with zero attached hydrogens (tertiary/aromatic N) is 1. The zero-order valence-corrected chi connectivity index (χ0v) is 11.9. The predicted octanol–water partition coefficient (Wildman–Crippen LogP) is 3.11. The molecule has 0 heterocycles. The molecule has 2 aromatic rings. The Morgan fingerprint density at radius 1 is 1.05 bits per heavy atom. The molecule has 0 aromatic heterocycles. The van der Waals surface area contributed by atoms with Crippen molar-refractivity contribution in [2.75, 3.05) is 5.32 Å². The molecular weight excluding hydrogens is 284 g/mol. The number of rotatable bonds is 5. The lowest BCUT2D eigenvalue weighted by atomic mass is 10.1. The van der Waals surface area contributed by atoms with Gasteiger partial charge < -0.3 is 5.32 Å². The van der Waals surface area contributed by atoms with Crippen LogP contribution in [0.4, 0.5) is 11.4 Å². The maximum Gasteiger partial charge on any atom is 0.269 e. The van der Waals surface area contributed by atoms with Crippen molar-refractivity contribution in [1.82, 2.24) is 0 Å². The molecule has 2 rings (SSSR count). The Kier molecular flexibility index (Phi) is 4.63. The quantitative estimate of drug-likeness (QED) is 0.397. The van der Waals surface area contributed by atoms with Crippen molar-refractivity contribution >= 4 is 23.1 Å². The van der Waals surface area contributed by atoms with Gasteiger partial charge in [-0.2, -0.15) is 0 Å². The zero-order chi connectivity index (χ0) is 16.1. The minimum absolute atomic E-state index is 0.0614. The molecular formula is C16H14N2O4. The number of non-ortho nitro benzene ring substituents is 1. The Morgan fingerprint density at radius 3 is 2.18 bits per heavy atom. The number of carbonyl (C=O) groups is 2. The Bertz CT molecular complexity index is 706. The van der Waals surface area contributed by atoms with Crippen LogP contribution in [0.2, 0.25) is 0 Å². The van der Waals surface area contributed by atoms with Crippen molar-refractivity contribution in [2.45, 2.75) is 13.3 Å². The van der Waals surface area contributed by atoms with Crippen LogP contribution in [0, 0.1) is 17.0 Å². The third-order valence-electron chi connectivity index (χ3n) is 3.06. The summed E-state index contributed by atoms with van der Waals surface area (Å²) in [4.78, 5) is 33.8. The maximum absolute atomic E-state index is 11.9. The number of amides is 1. The molecule has 112 valence electrons. The highest BCUT2D eigenvalue weighted by Crippen LogP contribution is 2.16. The van der Waals surface area contributed by atoms with Crippen molar-refractivity contribution in [3.05, 3.63) is 69.8 Å². The molecule has 6 nitrogen and oxygen atoms in total. The molecule has 0 bridgehead atoms. The third kappa shape index (κ3) is 3.99. The summed E-state index contributed by atoms with van der Waals surface area (Å²) in [6, 6.07) is 12.4. The molecule has 0 atom stereocenters. The van der Waals surface area contributed by atoms with E-state index in [0.717, 1.165) is 5.56 Å². The molecule has 2 aromatic carbocycles. The summed E-state index contributed by atoms with van der Waals surface area (Å²) in [5.74, 6) is -0.737. The monoisotopic (exact) mass is 298 g/mol. The van der Waals surface area contributed by atoms with Crippen LogP contribution in [0.5, 0.6) is 0 Å². The van der Waals surface area contributed by atoms with Gasteiger partial charge in [-0.05, 0) is 19.1 Å². The van der Waals surface area contributed by atoms with E-state index < -0.39 is 10.8 Å². The van der Waals surface area contributed by atoms with Crippen LogP contribution in [0.25, 0.3) is 0 Å². The van der Waals surface area contributed by atoms with Gasteiger partial charge in [-0.15, -0.1) is 0 Å². The first-order chi connectivity index (χ1) is 10.5. The minimum atomic E-state index is -0.521. The van der Waals surface area contributed by atoms with Crippen molar-refractivity contribution in [1.29, 1.82) is 0 Å². The molecule has 0 unspecified atom stereocenters. The smallest absolute Gasteiger partial charge is 0.269 e. The number of nitro benzene ring substituents is 1. The molecule has 22 heavy (non-hydrogen) atoms. The molecule has 1 N–H and O–H groups in total. The van der Waals surface area contributed by atoms with Gasteiger partial charge in [-0.1, -0.05) is 29.8 Å². The molecule has 6 heteroatoms.